The molecule has 0 atom stereocenters. The van der Waals surface area contributed by atoms with Crippen molar-refractivity contribution < 1.29 is 8.81 Å². The zero-order chi connectivity index (χ0) is 19.9. The molecule has 0 unspecified atom stereocenters. The van der Waals surface area contributed by atoms with E-state index in [1.807, 2.05) is 19.9 Å². The lowest BCUT2D eigenvalue weighted by molar-refractivity contribution is 0.164. The van der Waals surface area contributed by atoms with Gasteiger partial charge in [0.15, 0.2) is 5.96 Å². The summed E-state index contributed by atoms with van der Waals surface area (Å²) in [5.74, 6) is 2.81. The average molecular weight is 515 g/mol. The van der Waals surface area contributed by atoms with Gasteiger partial charge in [0.25, 0.3) is 0 Å². The molecule has 2 N–H and O–H groups in total. The number of oxazole rings is 1. The predicted molar refractivity (Wildman–Crippen MR) is 124 cm³/mol. The van der Waals surface area contributed by atoms with E-state index in [2.05, 4.69) is 25.5 Å². The monoisotopic (exact) mass is 515 g/mol. The van der Waals surface area contributed by atoms with E-state index >= 15 is 0 Å². The molecule has 1 saturated heterocycles. The maximum absolute atomic E-state index is 13.7. The summed E-state index contributed by atoms with van der Waals surface area (Å²) in [6.45, 7) is 8.06. The number of rotatable bonds is 6. The largest absolute Gasteiger partial charge is 0.444 e. The van der Waals surface area contributed by atoms with Crippen molar-refractivity contribution in [2.24, 2.45) is 10.9 Å². The number of aromatic nitrogens is 1. The van der Waals surface area contributed by atoms with Gasteiger partial charge in [-0.1, -0.05) is 18.2 Å². The highest BCUT2D eigenvalue weighted by molar-refractivity contribution is 14.0. The number of aliphatic imine (C=N–C) groups is 1. The van der Waals surface area contributed by atoms with E-state index in [9.17, 15) is 4.39 Å². The summed E-state index contributed by atoms with van der Waals surface area (Å²) < 4.78 is 19.4. The molecule has 8 heteroatoms. The predicted octanol–water partition coefficient (Wildman–Crippen LogP) is 3.63. The highest BCUT2D eigenvalue weighted by Crippen LogP contribution is 2.19. The summed E-state index contributed by atoms with van der Waals surface area (Å²) in [7, 11) is 1.74. The van der Waals surface area contributed by atoms with Crippen LogP contribution >= 0.6 is 24.0 Å². The number of piperidine rings is 1. The zero-order valence-corrected chi connectivity index (χ0v) is 19.7. The van der Waals surface area contributed by atoms with Gasteiger partial charge in [-0.25, -0.2) is 9.37 Å². The van der Waals surface area contributed by atoms with Crippen LogP contribution in [0.4, 0.5) is 4.39 Å². The number of nitrogens with zero attached hydrogens (tertiary/aromatic N) is 3. The lowest BCUT2D eigenvalue weighted by atomic mass is 9.97. The van der Waals surface area contributed by atoms with E-state index in [-0.39, 0.29) is 29.8 Å². The molecule has 0 spiro atoms. The molecule has 1 aliphatic heterocycles. The molecule has 0 radical (unpaired) electrons. The van der Waals surface area contributed by atoms with Crippen molar-refractivity contribution in [3.05, 3.63) is 53.0 Å². The molecule has 29 heavy (non-hydrogen) atoms. The van der Waals surface area contributed by atoms with E-state index in [1.165, 1.54) is 6.07 Å². The Bertz CT molecular complexity index is 783. The number of halogens is 2. The Hall–Kier alpha value is -1.68. The lowest BCUT2D eigenvalue weighted by Gasteiger charge is -2.31. The molecule has 2 aromatic rings. The Morgan fingerprint density at radius 3 is 2.59 bits per heavy atom. The lowest BCUT2D eigenvalue weighted by Crippen LogP contribution is -2.42. The third-order valence-electron chi connectivity index (χ3n) is 5.32. The smallest absolute Gasteiger partial charge is 0.208 e. The maximum atomic E-state index is 13.7. The van der Waals surface area contributed by atoms with Crippen molar-refractivity contribution in [2.45, 2.75) is 39.8 Å². The molecule has 0 amide bonds. The van der Waals surface area contributed by atoms with Crippen molar-refractivity contribution in [1.82, 2.24) is 20.5 Å². The number of guanidine groups is 1. The fourth-order valence-electron chi connectivity index (χ4n) is 3.43. The second kappa shape index (κ2) is 11.5. The first-order valence-electron chi connectivity index (χ1n) is 9.88. The van der Waals surface area contributed by atoms with Crippen LogP contribution in [0.1, 0.15) is 35.7 Å². The Morgan fingerprint density at radius 1 is 1.24 bits per heavy atom. The van der Waals surface area contributed by atoms with Crippen LogP contribution < -0.4 is 10.6 Å². The van der Waals surface area contributed by atoms with Crippen LogP contribution in [0.15, 0.2) is 33.7 Å². The van der Waals surface area contributed by atoms with Crippen molar-refractivity contribution in [1.29, 1.82) is 0 Å². The fraction of sp³-hybridized carbons (Fsp3) is 0.524. The number of nitrogens with one attached hydrogen (secondary N) is 2. The molecule has 0 bridgehead atoms. The Balaban J connectivity index is 0.00000300. The summed E-state index contributed by atoms with van der Waals surface area (Å²) in [6, 6.07) is 6.79. The van der Waals surface area contributed by atoms with Crippen LogP contribution in [0.5, 0.6) is 0 Å². The first kappa shape index (κ1) is 23.6. The second-order valence-electron chi connectivity index (χ2n) is 7.37. The molecule has 0 aliphatic carbocycles. The molecule has 1 aromatic carbocycles. The van der Waals surface area contributed by atoms with Gasteiger partial charge >= 0.3 is 0 Å². The van der Waals surface area contributed by atoms with Crippen LogP contribution in [0.25, 0.3) is 0 Å². The summed E-state index contributed by atoms with van der Waals surface area (Å²) >= 11 is 0. The van der Waals surface area contributed by atoms with Crippen LogP contribution in [0.2, 0.25) is 0 Å². The fourth-order valence-corrected chi connectivity index (χ4v) is 3.43. The Kier molecular flexibility index (Phi) is 9.35. The molecule has 160 valence electrons. The van der Waals surface area contributed by atoms with Crippen molar-refractivity contribution in [3.8, 4) is 0 Å². The van der Waals surface area contributed by atoms with E-state index in [1.54, 1.807) is 19.2 Å². The standard InChI is InChI=1S/C21H30FN5O.HI/c1-15-16(2)28-20(26-15)14-27-10-8-17(9-11-27)12-24-21(23-3)25-13-18-6-4-5-7-19(18)22;/h4-7,17H,8-14H2,1-3H3,(H2,23,24,25);1H. The minimum Gasteiger partial charge on any atom is -0.444 e. The SMILES string of the molecule is CN=C(NCc1ccccc1F)NCC1CCN(Cc2nc(C)c(C)o2)CC1.I. The number of likely N-dealkylation sites (tertiary alicyclic amines) is 1. The second-order valence-corrected chi connectivity index (χ2v) is 7.37. The van der Waals surface area contributed by atoms with Crippen molar-refractivity contribution in [2.75, 3.05) is 26.7 Å². The summed E-state index contributed by atoms with van der Waals surface area (Å²) in [5, 5.41) is 6.55. The normalized spacial score (nSPS) is 15.8. The van der Waals surface area contributed by atoms with Gasteiger partial charge in [0.05, 0.1) is 12.2 Å². The highest BCUT2D eigenvalue weighted by Gasteiger charge is 2.21. The number of hydrogen-bond donors (Lipinski definition) is 2. The first-order chi connectivity index (χ1) is 13.5. The van der Waals surface area contributed by atoms with Gasteiger partial charge in [0.1, 0.15) is 11.6 Å². The van der Waals surface area contributed by atoms with Crippen molar-refractivity contribution in [3.63, 3.8) is 0 Å². The number of aryl methyl sites for hydroxylation is 2. The molecule has 1 aromatic heterocycles. The summed E-state index contributed by atoms with van der Waals surface area (Å²) in [4.78, 5) is 11.1. The third kappa shape index (κ3) is 6.95. The van der Waals surface area contributed by atoms with Gasteiger partial charge in [-0.05, 0) is 51.8 Å². The quantitative estimate of drug-likeness (QED) is 0.350. The van der Waals surface area contributed by atoms with E-state index in [0.29, 0.717) is 24.0 Å². The molecule has 1 fully saturated rings. The minimum atomic E-state index is -0.200. The van der Waals surface area contributed by atoms with E-state index in [4.69, 9.17) is 4.42 Å². The average Bonchev–Trinajstić information content (AvgIpc) is 3.01. The van der Waals surface area contributed by atoms with Crippen LogP contribution in [-0.2, 0) is 13.1 Å². The van der Waals surface area contributed by atoms with Gasteiger partial charge in [0, 0.05) is 25.7 Å². The minimum absolute atomic E-state index is 0. The summed E-state index contributed by atoms with van der Waals surface area (Å²) in [5.41, 5.74) is 1.61. The molecule has 1 aliphatic rings. The molecule has 0 saturated carbocycles. The molecular weight excluding hydrogens is 484 g/mol. The molecule has 2 heterocycles. The van der Waals surface area contributed by atoms with E-state index < -0.39 is 0 Å². The molecule has 6 nitrogen and oxygen atoms in total. The third-order valence-corrected chi connectivity index (χ3v) is 5.32. The molecule has 3 rings (SSSR count). The summed E-state index contributed by atoms with van der Waals surface area (Å²) in [6.07, 6.45) is 2.24. The molecular formula is C21H31FIN5O. The van der Waals surface area contributed by atoms with Crippen molar-refractivity contribution >= 4 is 29.9 Å². The Morgan fingerprint density at radius 2 is 1.97 bits per heavy atom. The zero-order valence-electron chi connectivity index (χ0n) is 17.4. The topological polar surface area (TPSA) is 65.7 Å². The number of hydrogen-bond acceptors (Lipinski definition) is 4. The van der Waals surface area contributed by atoms with E-state index in [0.717, 1.165) is 56.4 Å². The van der Waals surface area contributed by atoms with Gasteiger partial charge in [-0.2, -0.15) is 0 Å². The Labute approximate surface area is 189 Å². The first-order valence-corrected chi connectivity index (χ1v) is 9.88. The van der Waals surface area contributed by atoms with Crippen LogP contribution in [0, 0.1) is 25.6 Å². The van der Waals surface area contributed by atoms with Gasteiger partial charge in [-0.3, -0.25) is 9.89 Å². The van der Waals surface area contributed by atoms with Gasteiger partial charge in [0.2, 0.25) is 5.89 Å². The number of benzene rings is 1. The van der Waals surface area contributed by atoms with Crippen LogP contribution in [-0.4, -0.2) is 42.5 Å². The van der Waals surface area contributed by atoms with Gasteiger partial charge in [-0.15, -0.1) is 24.0 Å². The van der Waals surface area contributed by atoms with Crippen LogP contribution in [0.3, 0.4) is 0 Å². The van der Waals surface area contributed by atoms with Gasteiger partial charge < -0.3 is 15.1 Å². The highest BCUT2D eigenvalue weighted by atomic mass is 127. The maximum Gasteiger partial charge on any atom is 0.208 e.